The van der Waals surface area contributed by atoms with Gasteiger partial charge in [0.1, 0.15) is 0 Å². The Morgan fingerprint density at radius 2 is 1.09 bits per heavy atom. The quantitative estimate of drug-likeness (QED) is 0.783. The van der Waals surface area contributed by atoms with E-state index >= 15 is 0 Å². The first-order valence-electron chi connectivity index (χ1n) is 7.33. The highest BCUT2D eigenvalue weighted by Crippen LogP contribution is 2.01. The molecule has 5 heteroatoms. The summed E-state index contributed by atoms with van der Waals surface area (Å²) in [7, 11) is -3.49. The van der Waals surface area contributed by atoms with E-state index in [2.05, 4.69) is 9.44 Å². The summed E-state index contributed by atoms with van der Waals surface area (Å²) in [6.07, 6.45) is 7.29. The molecule has 2 aromatic rings. The lowest BCUT2D eigenvalue weighted by molar-refractivity contribution is 0.574. The predicted octanol–water partition coefficient (Wildman–Crippen LogP) is 2.84. The number of benzene rings is 2. The lowest BCUT2D eigenvalue weighted by atomic mass is 10.2. The number of nitrogens with one attached hydrogen (secondary N) is 2. The van der Waals surface area contributed by atoms with Gasteiger partial charge in [0.15, 0.2) is 0 Å². The van der Waals surface area contributed by atoms with Gasteiger partial charge in [-0.1, -0.05) is 85.0 Å². The first-order chi connectivity index (χ1) is 11.2. The maximum absolute atomic E-state index is 11.8. The van der Waals surface area contributed by atoms with Crippen LogP contribution in [0.1, 0.15) is 11.1 Å². The Kier molecular flexibility index (Phi) is 6.75. The second-order valence-electron chi connectivity index (χ2n) is 4.83. The molecule has 2 N–H and O–H groups in total. The van der Waals surface area contributed by atoms with Crippen LogP contribution in [0.2, 0.25) is 0 Å². The van der Waals surface area contributed by atoms with Crippen LogP contribution in [0.3, 0.4) is 0 Å². The van der Waals surface area contributed by atoms with Crippen molar-refractivity contribution in [1.82, 2.24) is 9.44 Å². The van der Waals surface area contributed by atoms with Gasteiger partial charge in [-0.15, -0.1) is 0 Å². The standard InChI is InChI=1S/C18H20N2O2S/c21-23(22,19-15-7-13-17-9-3-1-4-10-17)20-16-8-14-18-11-5-2-6-12-18/h1-14,19-20H,15-16H2/b13-7+,14-8+. The predicted molar refractivity (Wildman–Crippen MR) is 95.9 cm³/mol. The van der Waals surface area contributed by atoms with Crippen LogP contribution in [0.25, 0.3) is 12.2 Å². The van der Waals surface area contributed by atoms with Crippen molar-refractivity contribution >= 4 is 22.4 Å². The smallest absolute Gasteiger partial charge is 0.198 e. The zero-order valence-corrected chi connectivity index (χ0v) is 13.5. The Bertz CT molecular complexity index is 680. The SMILES string of the molecule is O=S(=O)(NC/C=C/c1ccccc1)NC/C=C/c1ccccc1. The zero-order chi connectivity index (χ0) is 16.4. The van der Waals surface area contributed by atoms with Crippen molar-refractivity contribution in [2.45, 2.75) is 0 Å². The summed E-state index contributed by atoms with van der Waals surface area (Å²) in [5.41, 5.74) is 2.07. The first kappa shape index (κ1) is 17.1. The molecule has 0 aliphatic rings. The van der Waals surface area contributed by atoms with E-state index in [0.717, 1.165) is 11.1 Å². The van der Waals surface area contributed by atoms with Gasteiger partial charge >= 0.3 is 0 Å². The molecule has 2 rings (SSSR count). The van der Waals surface area contributed by atoms with E-state index < -0.39 is 10.2 Å². The molecule has 0 aromatic heterocycles. The van der Waals surface area contributed by atoms with E-state index in [9.17, 15) is 8.42 Å². The third-order valence-electron chi connectivity index (χ3n) is 3.00. The molecule has 120 valence electrons. The van der Waals surface area contributed by atoms with Gasteiger partial charge in [0.2, 0.25) is 0 Å². The van der Waals surface area contributed by atoms with Gasteiger partial charge in [-0.25, -0.2) is 0 Å². The van der Waals surface area contributed by atoms with E-state index in [1.807, 2.05) is 72.8 Å². The molecular formula is C18H20N2O2S. The number of rotatable bonds is 8. The monoisotopic (exact) mass is 328 g/mol. The summed E-state index contributed by atoms with van der Waals surface area (Å²) >= 11 is 0. The first-order valence-corrected chi connectivity index (χ1v) is 8.81. The number of hydrogen-bond donors (Lipinski definition) is 2. The maximum atomic E-state index is 11.8. The molecule has 0 spiro atoms. The Labute approximate surface area is 137 Å². The van der Waals surface area contributed by atoms with Crippen molar-refractivity contribution in [2.75, 3.05) is 13.1 Å². The molecule has 0 fully saturated rings. The van der Waals surface area contributed by atoms with Crippen LogP contribution in [0, 0.1) is 0 Å². The van der Waals surface area contributed by atoms with Crippen LogP contribution >= 0.6 is 0 Å². The second kappa shape index (κ2) is 9.05. The fourth-order valence-corrected chi connectivity index (χ4v) is 2.62. The van der Waals surface area contributed by atoms with Crippen molar-refractivity contribution in [3.05, 3.63) is 83.9 Å². The normalized spacial score (nSPS) is 12.2. The molecular weight excluding hydrogens is 308 g/mol. The van der Waals surface area contributed by atoms with Crippen LogP contribution in [-0.2, 0) is 10.2 Å². The third kappa shape index (κ3) is 7.06. The van der Waals surface area contributed by atoms with Crippen LogP contribution in [0.4, 0.5) is 0 Å². The highest BCUT2D eigenvalue weighted by atomic mass is 32.2. The molecule has 0 radical (unpaired) electrons. The van der Waals surface area contributed by atoms with Gasteiger partial charge in [0.25, 0.3) is 10.2 Å². The topological polar surface area (TPSA) is 58.2 Å². The molecule has 0 amide bonds. The average Bonchev–Trinajstić information content (AvgIpc) is 2.58. The molecule has 2 aromatic carbocycles. The Morgan fingerprint density at radius 1 is 0.696 bits per heavy atom. The highest BCUT2D eigenvalue weighted by molar-refractivity contribution is 7.87. The molecule has 0 aliphatic carbocycles. The van der Waals surface area contributed by atoms with E-state index in [4.69, 9.17) is 0 Å². The summed E-state index contributed by atoms with van der Waals surface area (Å²) in [5, 5.41) is 0. The summed E-state index contributed by atoms with van der Waals surface area (Å²) in [6, 6.07) is 19.4. The molecule has 23 heavy (non-hydrogen) atoms. The van der Waals surface area contributed by atoms with Crippen molar-refractivity contribution < 1.29 is 8.42 Å². The minimum atomic E-state index is -3.49. The fraction of sp³-hybridized carbons (Fsp3) is 0.111. The van der Waals surface area contributed by atoms with Crippen molar-refractivity contribution in [3.8, 4) is 0 Å². The fourth-order valence-electron chi connectivity index (χ4n) is 1.88. The van der Waals surface area contributed by atoms with Gasteiger partial charge in [0, 0.05) is 13.1 Å². The van der Waals surface area contributed by atoms with E-state index in [0.29, 0.717) is 0 Å². The lowest BCUT2D eigenvalue weighted by Crippen LogP contribution is -2.36. The molecule has 0 aliphatic heterocycles. The lowest BCUT2D eigenvalue weighted by Gasteiger charge is -2.04. The summed E-state index contributed by atoms with van der Waals surface area (Å²) in [5.74, 6) is 0. The molecule has 0 bridgehead atoms. The van der Waals surface area contributed by atoms with Crippen LogP contribution in [0.5, 0.6) is 0 Å². The molecule has 0 heterocycles. The van der Waals surface area contributed by atoms with Crippen molar-refractivity contribution in [1.29, 1.82) is 0 Å². The second-order valence-corrected chi connectivity index (χ2v) is 6.41. The summed E-state index contributed by atoms with van der Waals surface area (Å²) < 4.78 is 28.5. The molecule has 0 saturated heterocycles. The largest absolute Gasteiger partial charge is 0.277 e. The van der Waals surface area contributed by atoms with Gasteiger partial charge in [-0.3, -0.25) is 0 Å². The molecule has 0 atom stereocenters. The van der Waals surface area contributed by atoms with E-state index in [1.54, 1.807) is 12.2 Å². The molecule has 0 saturated carbocycles. The third-order valence-corrected chi connectivity index (χ3v) is 4.10. The van der Waals surface area contributed by atoms with Crippen LogP contribution < -0.4 is 9.44 Å². The Balaban J connectivity index is 1.72. The van der Waals surface area contributed by atoms with Gasteiger partial charge in [0.05, 0.1) is 0 Å². The highest BCUT2D eigenvalue weighted by Gasteiger charge is 2.04. The maximum Gasteiger partial charge on any atom is 0.277 e. The van der Waals surface area contributed by atoms with Gasteiger partial charge in [-0.05, 0) is 11.1 Å². The number of hydrogen-bond acceptors (Lipinski definition) is 2. The Morgan fingerprint density at radius 3 is 1.48 bits per heavy atom. The minimum Gasteiger partial charge on any atom is -0.198 e. The molecule has 4 nitrogen and oxygen atoms in total. The summed E-state index contributed by atoms with van der Waals surface area (Å²) in [6.45, 7) is 0.485. The Hall–Kier alpha value is -2.21. The van der Waals surface area contributed by atoms with Crippen molar-refractivity contribution in [2.24, 2.45) is 0 Å². The zero-order valence-electron chi connectivity index (χ0n) is 12.7. The minimum absolute atomic E-state index is 0.243. The van der Waals surface area contributed by atoms with Gasteiger partial charge < -0.3 is 0 Å². The van der Waals surface area contributed by atoms with Gasteiger partial charge in [-0.2, -0.15) is 17.9 Å². The van der Waals surface area contributed by atoms with E-state index in [1.165, 1.54) is 0 Å². The van der Waals surface area contributed by atoms with Crippen LogP contribution in [-0.4, -0.2) is 21.5 Å². The van der Waals surface area contributed by atoms with Crippen LogP contribution in [0.15, 0.2) is 72.8 Å². The molecule has 0 unspecified atom stereocenters. The summed E-state index contributed by atoms with van der Waals surface area (Å²) in [4.78, 5) is 0. The van der Waals surface area contributed by atoms with Crippen molar-refractivity contribution in [3.63, 3.8) is 0 Å². The van der Waals surface area contributed by atoms with E-state index in [-0.39, 0.29) is 13.1 Å². The average molecular weight is 328 g/mol.